The number of imidazole rings is 1. The molecule has 1 heterocycles. The molecular formula is C30H25Cl2N3O3S. The summed E-state index contributed by atoms with van der Waals surface area (Å²) in [7, 11) is -4.02. The fraction of sp³-hybridized carbons (Fsp3) is 0.133. The Kier molecular flexibility index (Phi) is 8.93. The van der Waals surface area contributed by atoms with Gasteiger partial charge in [-0.2, -0.15) is 0 Å². The van der Waals surface area contributed by atoms with Gasteiger partial charge in [0.15, 0.2) is 5.15 Å². The molecule has 3 aromatic carbocycles. The largest absolute Gasteiger partial charge is 0.323 e. The van der Waals surface area contributed by atoms with Crippen LogP contribution in [0.15, 0.2) is 83.8 Å². The van der Waals surface area contributed by atoms with Crippen molar-refractivity contribution in [3.05, 3.63) is 123 Å². The first-order valence-electron chi connectivity index (χ1n) is 12.1. The third kappa shape index (κ3) is 7.18. The fourth-order valence-electron chi connectivity index (χ4n) is 3.77. The minimum atomic E-state index is -4.02. The lowest BCUT2D eigenvalue weighted by atomic mass is 10.1. The van der Waals surface area contributed by atoms with Crippen LogP contribution >= 0.6 is 23.2 Å². The zero-order valence-corrected chi connectivity index (χ0v) is 23.6. The van der Waals surface area contributed by atoms with Crippen LogP contribution in [0.4, 0.5) is 0 Å². The summed E-state index contributed by atoms with van der Waals surface area (Å²) in [5.74, 6) is 6.11. The van der Waals surface area contributed by atoms with Crippen LogP contribution in [0.3, 0.4) is 0 Å². The summed E-state index contributed by atoms with van der Waals surface area (Å²) in [6, 6.07) is 21.5. The molecular weight excluding hydrogens is 553 g/mol. The van der Waals surface area contributed by atoms with Crippen LogP contribution in [0, 0.1) is 18.8 Å². The molecule has 0 bridgehead atoms. The SMILES string of the molecule is CCc1nc(Cl)c(C=CC(=O)NS(=O)(=O)c2ccc(C)cc2)n1Cc1ccc(C#Cc2ccccc2)cc1Cl. The number of benzene rings is 3. The van der Waals surface area contributed by atoms with Crippen LogP contribution in [0.25, 0.3) is 6.08 Å². The van der Waals surface area contributed by atoms with E-state index in [2.05, 4.69) is 21.5 Å². The maximum Gasteiger partial charge on any atom is 0.264 e. The van der Waals surface area contributed by atoms with Crippen LogP contribution in [0.5, 0.6) is 0 Å². The highest BCUT2D eigenvalue weighted by Crippen LogP contribution is 2.25. The quantitative estimate of drug-likeness (QED) is 0.215. The molecule has 4 aromatic rings. The molecule has 0 aliphatic rings. The van der Waals surface area contributed by atoms with Crippen molar-refractivity contribution in [2.24, 2.45) is 0 Å². The van der Waals surface area contributed by atoms with Crippen molar-refractivity contribution >= 4 is 45.2 Å². The number of nitrogens with zero attached hydrogens (tertiary/aromatic N) is 2. The lowest BCUT2D eigenvalue weighted by Gasteiger charge is -2.11. The fourth-order valence-corrected chi connectivity index (χ4v) is 5.22. The van der Waals surface area contributed by atoms with Gasteiger partial charge in [-0.1, -0.05) is 83.9 Å². The van der Waals surface area contributed by atoms with Crippen LogP contribution in [0.1, 0.15) is 40.7 Å². The molecule has 0 saturated heterocycles. The monoisotopic (exact) mass is 577 g/mol. The first-order valence-corrected chi connectivity index (χ1v) is 14.3. The van der Waals surface area contributed by atoms with Crippen molar-refractivity contribution in [2.45, 2.75) is 31.7 Å². The van der Waals surface area contributed by atoms with E-state index < -0.39 is 15.9 Å². The van der Waals surface area contributed by atoms with Gasteiger partial charge in [-0.15, -0.1) is 0 Å². The maximum atomic E-state index is 12.5. The van der Waals surface area contributed by atoms with Crippen LogP contribution in [0.2, 0.25) is 10.2 Å². The molecule has 0 aliphatic heterocycles. The summed E-state index contributed by atoms with van der Waals surface area (Å²) in [5, 5.41) is 0.720. The van der Waals surface area contributed by atoms with Crippen molar-refractivity contribution in [3.8, 4) is 11.8 Å². The summed E-state index contributed by atoms with van der Waals surface area (Å²) in [6.45, 7) is 4.13. The van der Waals surface area contributed by atoms with Crippen molar-refractivity contribution < 1.29 is 13.2 Å². The van der Waals surface area contributed by atoms with Gasteiger partial charge in [0.25, 0.3) is 15.9 Å². The first-order chi connectivity index (χ1) is 18.7. The third-order valence-corrected chi connectivity index (χ3v) is 7.82. The van der Waals surface area contributed by atoms with Gasteiger partial charge in [0.2, 0.25) is 0 Å². The van der Waals surface area contributed by atoms with Crippen LogP contribution < -0.4 is 4.72 Å². The second-order valence-corrected chi connectivity index (χ2v) is 11.1. The molecule has 0 fully saturated rings. The molecule has 1 N–H and O–H groups in total. The normalized spacial score (nSPS) is 11.3. The molecule has 198 valence electrons. The maximum absolute atomic E-state index is 12.5. The number of carbonyl (C=O) groups excluding carboxylic acids is 1. The number of aromatic nitrogens is 2. The van der Waals surface area contributed by atoms with Crippen molar-refractivity contribution in [1.82, 2.24) is 14.3 Å². The average Bonchev–Trinajstić information content (AvgIpc) is 3.22. The number of halogens is 2. The van der Waals surface area contributed by atoms with E-state index in [-0.39, 0.29) is 10.0 Å². The zero-order valence-electron chi connectivity index (χ0n) is 21.3. The molecule has 4 rings (SSSR count). The molecule has 0 spiro atoms. The molecule has 1 amide bonds. The Labute approximate surface area is 238 Å². The van der Waals surface area contributed by atoms with E-state index in [1.54, 1.807) is 18.2 Å². The molecule has 39 heavy (non-hydrogen) atoms. The number of hydrogen-bond donors (Lipinski definition) is 1. The summed E-state index contributed by atoms with van der Waals surface area (Å²) >= 11 is 13.0. The summed E-state index contributed by atoms with van der Waals surface area (Å²) in [4.78, 5) is 16.9. The minimum Gasteiger partial charge on any atom is -0.323 e. The molecule has 0 saturated carbocycles. The minimum absolute atomic E-state index is 0.00209. The summed E-state index contributed by atoms with van der Waals surface area (Å²) in [5.41, 5.74) is 3.86. The zero-order chi connectivity index (χ0) is 28.0. The van der Waals surface area contributed by atoms with E-state index in [0.717, 1.165) is 28.3 Å². The van der Waals surface area contributed by atoms with Gasteiger partial charge in [0.05, 0.1) is 17.1 Å². The predicted molar refractivity (Wildman–Crippen MR) is 155 cm³/mol. The Bertz CT molecular complexity index is 1700. The van der Waals surface area contributed by atoms with Gasteiger partial charge in [0.1, 0.15) is 5.82 Å². The Morgan fingerprint density at radius 2 is 1.69 bits per heavy atom. The Morgan fingerprint density at radius 3 is 2.36 bits per heavy atom. The second-order valence-electron chi connectivity index (χ2n) is 8.68. The van der Waals surface area contributed by atoms with Gasteiger partial charge >= 0.3 is 0 Å². The highest BCUT2D eigenvalue weighted by molar-refractivity contribution is 7.90. The van der Waals surface area contributed by atoms with Gasteiger partial charge in [0, 0.05) is 28.6 Å². The van der Waals surface area contributed by atoms with Gasteiger partial charge in [-0.3, -0.25) is 4.79 Å². The molecule has 0 aliphatic carbocycles. The van der Waals surface area contributed by atoms with Crippen molar-refractivity contribution in [3.63, 3.8) is 0 Å². The number of rotatable bonds is 7. The molecule has 9 heteroatoms. The average molecular weight is 579 g/mol. The smallest absolute Gasteiger partial charge is 0.264 e. The number of hydrogen-bond acceptors (Lipinski definition) is 4. The van der Waals surface area contributed by atoms with E-state index in [1.165, 1.54) is 18.2 Å². The molecule has 1 aromatic heterocycles. The van der Waals surface area contributed by atoms with E-state index in [1.807, 2.05) is 60.9 Å². The lowest BCUT2D eigenvalue weighted by molar-refractivity contribution is -0.114. The van der Waals surface area contributed by atoms with Crippen molar-refractivity contribution in [1.29, 1.82) is 0 Å². The van der Waals surface area contributed by atoms with Crippen molar-refractivity contribution in [2.75, 3.05) is 0 Å². The lowest BCUT2D eigenvalue weighted by Crippen LogP contribution is -2.29. The topological polar surface area (TPSA) is 81.1 Å². The van der Waals surface area contributed by atoms with Crippen LogP contribution in [-0.2, 0) is 27.8 Å². The predicted octanol–water partition coefficient (Wildman–Crippen LogP) is 6.03. The van der Waals surface area contributed by atoms with Gasteiger partial charge < -0.3 is 4.57 Å². The van der Waals surface area contributed by atoms with E-state index >= 15 is 0 Å². The Balaban J connectivity index is 1.54. The summed E-state index contributed by atoms with van der Waals surface area (Å²) in [6.07, 6.45) is 3.15. The summed E-state index contributed by atoms with van der Waals surface area (Å²) < 4.78 is 29.0. The number of carbonyl (C=O) groups is 1. The number of aryl methyl sites for hydroxylation is 2. The Hall–Kier alpha value is -3.83. The molecule has 6 nitrogen and oxygen atoms in total. The van der Waals surface area contributed by atoms with E-state index in [4.69, 9.17) is 23.2 Å². The van der Waals surface area contributed by atoms with E-state index in [0.29, 0.717) is 29.5 Å². The Morgan fingerprint density at radius 1 is 1.00 bits per heavy atom. The van der Waals surface area contributed by atoms with Gasteiger partial charge in [-0.25, -0.2) is 18.1 Å². The van der Waals surface area contributed by atoms with Crippen LogP contribution in [-0.4, -0.2) is 23.9 Å². The second kappa shape index (κ2) is 12.4. The highest BCUT2D eigenvalue weighted by Gasteiger charge is 2.18. The van der Waals surface area contributed by atoms with E-state index in [9.17, 15) is 13.2 Å². The number of sulfonamides is 1. The van der Waals surface area contributed by atoms with Gasteiger partial charge in [-0.05, 0) is 55.0 Å². The highest BCUT2D eigenvalue weighted by atomic mass is 35.5. The molecule has 0 atom stereocenters. The number of nitrogens with one attached hydrogen (secondary N) is 1. The first kappa shape index (κ1) is 28.2. The standard InChI is InChI=1S/C30H25Cl2N3O3S/c1-3-28-33-30(32)27(17-18-29(36)34-39(37,38)25-15-9-21(2)10-16-25)35(28)20-24-14-13-23(19-26(24)31)12-11-22-7-5-4-6-8-22/h4-10,13-19H,3,20H2,1-2H3,(H,34,36). The number of amides is 1. The molecule has 0 unspecified atom stereocenters. The third-order valence-electron chi connectivity index (χ3n) is 5.82. The molecule has 0 radical (unpaired) electrons.